The fraction of sp³-hybridized carbons (Fsp3) is 0.600. The van der Waals surface area contributed by atoms with Crippen molar-refractivity contribution in [2.45, 2.75) is 26.7 Å². The van der Waals surface area contributed by atoms with Crippen LogP contribution >= 0.6 is 0 Å². The van der Waals surface area contributed by atoms with Crippen LogP contribution in [0.2, 0.25) is 0 Å². The fourth-order valence-corrected chi connectivity index (χ4v) is 2.92. The fourth-order valence-electron chi connectivity index (χ4n) is 2.92. The molecule has 2 nitrogen and oxygen atoms in total. The molecule has 2 heteroatoms. The first-order valence-corrected chi connectivity index (χ1v) is 6.46. The Kier molecular flexibility index (Phi) is 3.43. The van der Waals surface area contributed by atoms with Gasteiger partial charge in [-0.05, 0) is 48.0 Å². The zero-order valence-corrected chi connectivity index (χ0v) is 11.3. The Morgan fingerprint density at radius 3 is 2.76 bits per heavy atom. The Bertz CT molecular complexity index is 386. The minimum Gasteiger partial charge on any atom is -0.497 e. The second-order valence-electron chi connectivity index (χ2n) is 5.49. The molecule has 0 spiro atoms. The van der Waals surface area contributed by atoms with Crippen LogP contribution in [0.15, 0.2) is 24.3 Å². The van der Waals surface area contributed by atoms with E-state index in [0.29, 0.717) is 11.3 Å². The van der Waals surface area contributed by atoms with E-state index in [0.717, 1.165) is 24.8 Å². The van der Waals surface area contributed by atoms with E-state index in [2.05, 4.69) is 44.3 Å². The molecular formula is C15H23NO. The van der Waals surface area contributed by atoms with Gasteiger partial charge in [-0.25, -0.2) is 0 Å². The predicted octanol–water partition coefficient (Wildman–Crippen LogP) is 3.04. The summed E-state index contributed by atoms with van der Waals surface area (Å²) < 4.78 is 5.30. The minimum absolute atomic E-state index is 0.411. The highest BCUT2D eigenvalue weighted by molar-refractivity contribution is 5.37. The van der Waals surface area contributed by atoms with E-state index in [1.807, 2.05) is 6.07 Å². The molecule has 1 saturated carbocycles. The van der Waals surface area contributed by atoms with Gasteiger partial charge in [-0.1, -0.05) is 32.9 Å². The van der Waals surface area contributed by atoms with E-state index >= 15 is 0 Å². The highest BCUT2D eigenvalue weighted by Crippen LogP contribution is 2.64. The van der Waals surface area contributed by atoms with E-state index in [1.165, 1.54) is 5.56 Å². The Hall–Kier alpha value is -1.02. The normalized spacial score (nSPS) is 25.6. The van der Waals surface area contributed by atoms with Gasteiger partial charge in [0.1, 0.15) is 5.75 Å². The number of nitrogens with one attached hydrogen (secondary N) is 1. The smallest absolute Gasteiger partial charge is 0.119 e. The van der Waals surface area contributed by atoms with Crippen molar-refractivity contribution in [2.75, 3.05) is 20.2 Å². The SMILES string of the molecule is CCNCC1C(c2cccc(OC)c2)C1(C)C. The zero-order chi connectivity index (χ0) is 12.5. The maximum Gasteiger partial charge on any atom is 0.119 e. The lowest BCUT2D eigenvalue weighted by molar-refractivity contribution is 0.414. The van der Waals surface area contributed by atoms with Gasteiger partial charge >= 0.3 is 0 Å². The van der Waals surface area contributed by atoms with E-state index in [-0.39, 0.29) is 0 Å². The first-order chi connectivity index (χ1) is 8.11. The number of hydrogen-bond donors (Lipinski definition) is 1. The molecular weight excluding hydrogens is 210 g/mol. The Morgan fingerprint density at radius 1 is 1.35 bits per heavy atom. The van der Waals surface area contributed by atoms with E-state index < -0.39 is 0 Å². The highest BCUT2D eigenvalue weighted by atomic mass is 16.5. The van der Waals surface area contributed by atoms with E-state index in [1.54, 1.807) is 7.11 Å². The van der Waals surface area contributed by atoms with Crippen molar-refractivity contribution >= 4 is 0 Å². The summed E-state index contributed by atoms with van der Waals surface area (Å²) in [6.45, 7) is 9.05. The average molecular weight is 233 g/mol. The summed E-state index contributed by atoms with van der Waals surface area (Å²) in [6.07, 6.45) is 0. The molecule has 1 aliphatic rings. The van der Waals surface area contributed by atoms with Crippen LogP contribution in [0.1, 0.15) is 32.3 Å². The summed E-state index contributed by atoms with van der Waals surface area (Å²) in [4.78, 5) is 0. The molecule has 1 aliphatic carbocycles. The second-order valence-corrected chi connectivity index (χ2v) is 5.49. The van der Waals surface area contributed by atoms with Crippen LogP contribution in [0.3, 0.4) is 0 Å². The maximum absolute atomic E-state index is 5.30. The molecule has 1 aromatic rings. The lowest BCUT2D eigenvalue weighted by Crippen LogP contribution is -2.17. The van der Waals surface area contributed by atoms with Crippen molar-refractivity contribution in [3.8, 4) is 5.75 Å². The zero-order valence-electron chi connectivity index (χ0n) is 11.3. The second kappa shape index (κ2) is 4.69. The summed E-state index contributed by atoms with van der Waals surface area (Å²) in [6, 6.07) is 8.50. The average Bonchev–Trinajstić information content (AvgIpc) is 2.88. The number of methoxy groups -OCH3 is 1. The Morgan fingerprint density at radius 2 is 2.12 bits per heavy atom. The standard InChI is InChI=1S/C15H23NO/c1-5-16-10-13-14(15(13,2)3)11-7-6-8-12(9-11)17-4/h6-9,13-14,16H,5,10H2,1-4H3. The first kappa shape index (κ1) is 12.4. The van der Waals surface area contributed by atoms with Gasteiger partial charge in [0, 0.05) is 0 Å². The van der Waals surface area contributed by atoms with Crippen LogP contribution in [0.5, 0.6) is 5.75 Å². The molecule has 2 rings (SSSR count). The van der Waals surface area contributed by atoms with Crippen molar-refractivity contribution in [3.05, 3.63) is 29.8 Å². The number of ether oxygens (including phenoxy) is 1. The van der Waals surface area contributed by atoms with Crippen molar-refractivity contribution < 1.29 is 4.74 Å². The first-order valence-electron chi connectivity index (χ1n) is 6.46. The van der Waals surface area contributed by atoms with Crippen LogP contribution in [0.25, 0.3) is 0 Å². The topological polar surface area (TPSA) is 21.3 Å². The largest absolute Gasteiger partial charge is 0.497 e. The van der Waals surface area contributed by atoms with Crippen LogP contribution in [0.4, 0.5) is 0 Å². The van der Waals surface area contributed by atoms with Crippen LogP contribution < -0.4 is 10.1 Å². The Labute approximate surface area is 104 Å². The molecule has 2 unspecified atom stereocenters. The van der Waals surface area contributed by atoms with Crippen molar-refractivity contribution in [3.63, 3.8) is 0 Å². The summed E-state index contributed by atoms with van der Waals surface area (Å²) in [7, 11) is 1.73. The summed E-state index contributed by atoms with van der Waals surface area (Å²) in [5.41, 5.74) is 1.83. The van der Waals surface area contributed by atoms with E-state index in [9.17, 15) is 0 Å². The quantitative estimate of drug-likeness (QED) is 0.844. The minimum atomic E-state index is 0.411. The van der Waals surface area contributed by atoms with Gasteiger partial charge in [0.2, 0.25) is 0 Å². The molecule has 17 heavy (non-hydrogen) atoms. The Balaban J connectivity index is 2.12. The number of hydrogen-bond acceptors (Lipinski definition) is 2. The molecule has 2 atom stereocenters. The van der Waals surface area contributed by atoms with Gasteiger partial charge in [-0.2, -0.15) is 0 Å². The monoisotopic (exact) mass is 233 g/mol. The number of benzene rings is 1. The molecule has 0 saturated heterocycles. The lowest BCUT2D eigenvalue weighted by Gasteiger charge is -2.05. The van der Waals surface area contributed by atoms with Crippen LogP contribution in [-0.2, 0) is 0 Å². The molecule has 0 amide bonds. The van der Waals surface area contributed by atoms with Crippen molar-refractivity contribution in [1.29, 1.82) is 0 Å². The maximum atomic E-state index is 5.30. The van der Waals surface area contributed by atoms with E-state index in [4.69, 9.17) is 4.74 Å². The molecule has 1 N–H and O–H groups in total. The third-order valence-corrected chi connectivity index (χ3v) is 4.12. The molecule has 0 aromatic heterocycles. The van der Waals surface area contributed by atoms with Gasteiger partial charge in [0.05, 0.1) is 7.11 Å². The van der Waals surface area contributed by atoms with Crippen molar-refractivity contribution in [1.82, 2.24) is 5.32 Å². The highest BCUT2D eigenvalue weighted by Gasteiger charge is 2.57. The van der Waals surface area contributed by atoms with Gasteiger partial charge in [0.15, 0.2) is 0 Å². The third-order valence-electron chi connectivity index (χ3n) is 4.12. The van der Waals surface area contributed by atoms with Gasteiger partial charge in [0.25, 0.3) is 0 Å². The molecule has 94 valence electrons. The third kappa shape index (κ3) is 2.32. The van der Waals surface area contributed by atoms with Gasteiger partial charge < -0.3 is 10.1 Å². The summed E-state index contributed by atoms with van der Waals surface area (Å²) in [5.74, 6) is 2.37. The van der Waals surface area contributed by atoms with Crippen molar-refractivity contribution in [2.24, 2.45) is 11.3 Å². The van der Waals surface area contributed by atoms with Gasteiger partial charge in [-0.15, -0.1) is 0 Å². The number of rotatable bonds is 5. The van der Waals surface area contributed by atoms with Gasteiger partial charge in [-0.3, -0.25) is 0 Å². The van der Waals surface area contributed by atoms with Crippen LogP contribution in [0, 0.1) is 11.3 Å². The summed E-state index contributed by atoms with van der Waals surface area (Å²) in [5, 5.41) is 3.46. The molecule has 0 radical (unpaired) electrons. The molecule has 0 aliphatic heterocycles. The molecule has 0 heterocycles. The lowest BCUT2D eigenvalue weighted by atomic mass is 10.0. The summed E-state index contributed by atoms with van der Waals surface area (Å²) >= 11 is 0. The van der Waals surface area contributed by atoms with Crippen LogP contribution in [-0.4, -0.2) is 20.2 Å². The predicted molar refractivity (Wildman–Crippen MR) is 71.5 cm³/mol. The molecule has 1 aromatic carbocycles. The molecule has 1 fully saturated rings. The molecule has 0 bridgehead atoms.